The summed E-state index contributed by atoms with van der Waals surface area (Å²) in [5.41, 5.74) is 0.826. The second kappa shape index (κ2) is 14.2. The van der Waals surface area contributed by atoms with Crippen LogP contribution in [0.5, 0.6) is 0 Å². The van der Waals surface area contributed by atoms with Crippen LogP contribution >= 0.6 is 11.8 Å². The normalized spacial score (nSPS) is 10.6. The van der Waals surface area contributed by atoms with Crippen molar-refractivity contribution in [2.75, 3.05) is 5.75 Å². The molecule has 0 heterocycles. The van der Waals surface area contributed by atoms with Gasteiger partial charge in [0.25, 0.3) is 0 Å². The summed E-state index contributed by atoms with van der Waals surface area (Å²) in [6, 6.07) is 0. The molecule has 1 nitrogen and oxygen atoms in total. The highest BCUT2D eigenvalue weighted by Gasteiger charge is 2.07. The van der Waals surface area contributed by atoms with Crippen LogP contribution in [0.3, 0.4) is 0 Å². The predicted octanol–water partition coefficient (Wildman–Crippen LogP) is 6.13. The van der Waals surface area contributed by atoms with E-state index >= 15 is 0 Å². The van der Waals surface area contributed by atoms with Crippen LogP contribution in [0.25, 0.3) is 0 Å². The fraction of sp³-hybridized carbons (Fsp3) is 0.824. The molecule has 0 N–H and O–H groups in total. The van der Waals surface area contributed by atoms with E-state index in [1.807, 2.05) is 0 Å². The van der Waals surface area contributed by atoms with Gasteiger partial charge in [-0.3, -0.25) is 4.79 Å². The molecule has 0 amide bonds. The van der Waals surface area contributed by atoms with Crippen molar-refractivity contribution in [2.45, 2.75) is 84.5 Å². The molecule has 2 heteroatoms. The Hall–Kier alpha value is -0.240. The Balaban J connectivity index is 3.39. The van der Waals surface area contributed by atoms with Gasteiger partial charge in [0, 0.05) is 5.75 Å². The molecule has 0 unspecified atom stereocenters. The van der Waals surface area contributed by atoms with E-state index in [0.29, 0.717) is 0 Å². The summed E-state index contributed by atoms with van der Waals surface area (Å²) in [6.45, 7) is 8.36. The topological polar surface area (TPSA) is 17.1 Å². The van der Waals surface area contributed by atoms with Crippen LogP contribution in [0, 0.1) is 0 Å². The third kappa shape index (κ3) is 12.5. The Kier molecular flexibility index (Phi) is 14.0. The molecule has 19 heavy (non-hydrogen) atoms. The largest absolute Gasteiger partial charge is 0.282 e. The monoisotopic (exact) mass is 284 g/mol. The van der Waals surface area contributed by atoms with Gasteiger partial charge in [-0.1, -0.05) is 83.6 Å². The summed E-state index contributed by atoms with van der Waals surface area (Å²) in [4.78, 5) is 11.8. The number of hydrogen-bond donors (Lipinski definition) is 0. The van der Waals surface area contributed by atoms with Crippen molar-refractivity contribution in [3.05, 3.63) is 12.2 Å². The highest BCUT2D eigenvalue weighted by Crippen LogP contribution is 2.17. The summed E-state index contributed by atoms with van der Waals surface area (Å²) in [5, 5.41) is 0.227. The summed E-state index contributed by atoms with van der Waals surface area (Å²) >= 11 is 1.47. The van der Waals surface area contributed by atoms with Crippen LogP contribution in [-0.2, 0) is 4.79 Å². The molecule has 0 bridgehead atoms. The lowest BCUT2D eigenvalue weighted by Crippen LogP contribution is -1.98. The third-order valence-electron chi connectivity index (χ3n) is 3.35. The van der Waals surface area contributed by atoms with E-state index in [2.05, 4.69) is 20.4 Å². The summed E-state index contributed by atoms with van der Waals surface area (Å²) < 4.78 is 0. The van der Waals surface area contributed by atoms with E-state index in [0.717, 1.165) is 24.2 Å². The molecule has 0 aliphatic rings. The van der Waals surface area contributed by atoms with Gasteiger partial charge in [-0.05, 0) is 24.8 Å². The fourth-order valence-corrected chi connectivity index (χ4v) is 2.86. The van der Waals surface area contributed by atoms with Crippen LogP contribution < -0.4 is 0 Å². The molecule has 0 aliphatic carbocycles. The first-order valence-electron chi connectivity index (χ1n) is 8.07. The van der Waals surface area contributed by atoms with Gasteiger partial charge in [-0.15, -0.1) is 0 Å². The van der Waals surface area contributed by atoms with Crippen molar-refractivity contribution in [2.24, 2.45) is 0 Å². The zero-order valence-electron chi connectivity index (χ0n) is 13.0. The van der Waals surface area contributed by atoms with Crippen molar-refractivity contribution in [1.82, 2.24) is 0 Å². The lowest BCUT2D eigenvalue weighted by Gasteiger charge is -2.04. The minimum Gasteiger partial charge on any atom is -0.282 e. The first-order valence-corrected chi connectivity index (χ1v) is 9.05. The van der Waals surface area contributed by atoms with E-state index in [4.69, 9.17) is 0 Å². The average Bonchev–Trinajstić information content (AvgIpc) is 2.42. The first-order chi connectivity index (χ1) is 9.22. The zero-order valence-corrected chi connectivity index (χ0v) is 13.8. The fourth-order valence-electron chi connectivity index (χ4n) is 2.02. The van der Waals surface area contributed by atoms with Gasteiger partial charge >= 0.3 is 0 Å². The summed E-state index contributed by atoms with van der Waals surface area (Å²) in [6.07, 6.45) is 13.5. The highest BCUT2D eigenvalue weighted by molar-refractivity contribution is 8.14. The Bertz CT molecular complexity index is 235. The standard InChI is InChI=1S/C17H32OS/c1-4-6-8-10-11-13-15-19-17(18)16(3)14-12-9-7-5-2/h3-15H2,1-2H3. The van der Waals surface area contributed by atoms with Crippen LogP contribution in [0.4, 0.5) is 0 Å². The van der Waals surface area contributed by atoms with Crippen molar-refractivity contribution in [1.29, 1.82) is 0 Å². The van der Waals surface area contributed by atoms with Crippen LogP contribution in [0.1, 0.15) is 84.5 Å². The Morgan fingerprint density at radius 1 is 0.842 bits per heavy atom. The van der Waals surface area contributed by atoms with E-state index in [1.165, 1.54) is 69.5 Å². The van der Waals surface area contributed by atoms with E-state index in [1.54, 1.807) is 0 Å². The smallest absolute Gasteiger partial charge is 0.214 e. The van der Waals surface area contributed by atoms with Gasteiger partial charge < -0.3 is 0 Å². The molecule has 0 aliphatic heterocycles. The number of hydrogen-bond acceptors (Lipinski definition) is 2. The van der Waals surface area contributed by atoms with Gasteiger partial charge in [0.1, 0.15) is 0 Å². The van der Waals surface area contributed by atoms with Crippen molar-refractivity contribution in [3.8, 4) is 0 Å². The van der Waals surface area contributed by atoms with Crippen LogP contribution in [0.2, 0.25) is 0 Å². The summed E-state index contributed by atoms with van der Waals surface area (Å²) in [7, 11) is 0. The van der Waals surface area contributed by atoms with Gasteiger partial charge in [0.2, 0.25) is 5.12 Å². The number of rotatable bonds is 13. The maximum absolute atomic E-state index is 11.8. The number of unbranched alkanes of at least 4 members (excludes halogenated alkanes) is 8. The second-order valence-corrected chi connectivity index (χ2v) is 6.39. The molecule has 0 saturated heterocycles. The molecular weight excluding hydrogens is 252 g/mol. The first kappa shape index (κ1) is 18.8. The maximum Gasteiger partial charge on any atom is 0.214 e. The molecular formula is C17H32OS. The maximum atomic E-state index is 11.8. The molecule has 112 valence electrons. The van der Waals surface area contributed by atoms with Gasteiger partial charge in [0.05, 0.1) is 0 Å². The molecule has 0 aromatic heterocycles. The molecule has 0 fully saturated rings. The van der Waals surface area contributed by atoms with Gasteiger partial charge in [0.15, 0.2) is 0 Å². The minimum atomic E-state index is 0.227. The molecule has 0 atom stereocenters. The Morgan fingerprint density at radius 3 is 2.00 bits per heavy atom. The molecule has 0 saturated carbocycles. The van der Waals surface area contributed by atoms with E-state index in [9.17, 15) is 4.79 Å². The number of carbonyl (C=O) groups excluding carboxylic acids is 1. The molecule has 0 rings (SSSR count). The van der Waals surface area contributed by atoms with Gasteiger partial charge in [-0.2, -0.15) is 0 Å². The van der Waals surface area contributed by atoms with Crippen LogP contribution in [-0.4, -0.2) is 10.9 Å². The zero-order chi connectivity index (χ0) is 14.3. The van der Waals surface area contributed by atoms with Gasteiger partial charge in [-0.25, -0.2) is 0 Å². The number of carbonyl (C=O) groups is 1. The lowest BCUT2D eigenvalue weighted by molar-refractivity contribution is -0.108. The predicted molar refractivity (Wildman–Crippen MR) is 88.7 cm³/mol. The quantitative estimate of drug-likeness (QED) is 0.299. The third-order valence-corrected chi connectivity index (χ3v) is 4.40. The number of thioether (sulfide) groups is 1. The average molecular weight is 285 g/mol. The van der Waals surface area contributed by atoms with Crippen molar-refractivity contribution >= 4 is 16.9 Å². The van der Waals surface area contributed by atoms with E-state index < -0.39 is 0 Å². The second-order valence-electron chi connectivity index (χ2n) is 5.32. The molecule has 0 aromatic rings. The molecule has 0 aromatic carbocycles. The Morgan fingerprint density at radius 2 is 1.37 bits per heavy atom. The highest BCUT2D eigenvalue weighted by atomic mass is 32.2. The van der Waals surface area contributed by atoms with E-state index in [-0.39, 0.29) is 5.12 Å². The Labute approximate surface area is 124 Å². The van der Waals surface area contributed by atoms with Crippen LogP contribution in [0.15, 0.2) is 12.2 Å². The minimum absolute atomic E-state index is 0.227. The molecule has 0 spiro atoms. The van der Waals surface area contributed by atoms with Crippen molar-refractivity contribution < 1.29 is 4.79 Å². The molecule has 0 radical (unpaired) electrons. The lowest BCUT2D eigenvalue weighted by atomic mass is 10.1. The SMILES string of the molecule is C=C(CCCCCC)C(=O)SCCCCCCCC. The summed E-state index contributed by atoms with van der Waals surface area (Å²) in [5.74, 6) is 0.971. The van der Waals surface area contributed by atoms with Crippen molar-refractivity contribution in [3.63, 3.8) is 0 Å².